The third-order valence-electron chi connectivity index (χ3n) is 4.80. The number of nitrogens with one attached hydrogen (secondary N) is 1. The zero-order chi connectivity index (χ0) is 16.4. The van der Waals surface area contributed by atoms with Gasteiger partial charge in [0.2, 0.25) is 12.7 Å². The van der Waals surface area contributed by atoms with Gasteiger partial charge in [-0.05, 0) is 43.0 Å². The van der Waals surface area contributed by atoms with Crippen LogP contribution in [0.5, 0.6) is 11.5 Å². The van der Waals surface area contributed by atoms with Crippen molar-refractivity contribution in [3.8, 4) is 11.5 Å². The summed E-state index contributed by atoms with van der Waals surface area (Å²) < 4.78 is 10.7. The maximum atomic E-state index is 12.6. The number of hydrogen-bond acceptors (Lipinski definition) is 4. The Morgan fingerprint density at radius 1 is 1.29 bits per heavy atom. The molecule has 2 aromatic rings. The summed E-state index contributed by atoms with van der Waals surface area (Å²) in [5.41, 5.74) is 2.23. The first-order chi connectivity index (χ1) is 11.8. The van der Waals surface area contributed by atoms with Crippen LogP contribution < -0.4 is 9.47 Å². The van der Waals surface area contributed by atoms with Gasteiger partial charge in [0.25, 0.3) is 0 Å². The Labute approximate surface area is 140 Å². The maximum absolute atomic E-state index is 12.6. The number of carbonyl (C=O) groups excluding carboxylic acids is 1. The Morgan fingerprint density at radius 2 is 2.21 bits per heavy atom. The second kappa shape index (κ2) is 6.55. The minimum absolute atomic E-state index is 0.219. The van der Waals surface area contributed by atoms with Gasteiger partial charge in [0.15, 0.2) is 11.5 Å². The molecule has 0 saturated carbocycles. The standard InChI is InChI=1S/C18H21N3O3/c22-18(6-4-13-3-5-16-17(10-13)24-12-23-16)21-9-1-2-14(11-21)15-7-8-19-20-15/h3,5,7-8,10,14H,1-2,4,6,9,11-12H2,(H,19,20). The van der Waals surface area contributed by atoms with Crippen molar-refractivity contribution in [1.82, 2.24) is 15.1 Å². The molecule has 1 amide bonds. The molecule has 6 heteroatoms. The molecule has 0 spiro atoms. The molecular weight excluding hydrogens is 306 g/mol. The van der Waals surface area contributed by atoms with Gasteiger partial charge in [0.05, 0.1) is 0 Å². The fourth-order valence-electron chi connectivity index (χ4n) is 3.46. The zero-order valence-corrected chi connectivity index (χ0v) is 13.5. The molecule has 0 bridgehead atoms. The highest BCUT2D eigenvalue weighted by molar-refractivity contribution is 5.76. The summed E-state index contributed by atoms with van der Waals surface area (Å²) >= 11 is 0. The minimum atomic E-state index is 0.219. The average molecular weight is 327 g/mol. The number of hydrogen-bond donors (Lipinski definition) is 1. The quantitative estimate of drug-likeness (QED) is 0.937. The van der Waals surface area contributed by atoms with Crippen LogP contribution in [-0.2, 0) is 11.2 Å². The molecular formula is C18H21N3O3. The molecule has 0 radical (unpaired) electrons. The Hall–Kier alpha value is -2.50. The van der Waals surface area contributed by atoms with E-state index in [-0.39, 0.29) is 12.7 Å². The number of benzene rings is 1. The van der Waals surface area contributed by atoms with Gasteiger partial charge in [-0.25, -0.2) is 0 Å². The maximum Gasteiger partial charge on any atom is 0.231 e. The lowest BCUT2D eigenvalue weighted by molar-refractivity contribution is -0.132. The summed E-state index contributed by atoms with van der Waals surface area (Å²) in [6.07, 6.45) is 5.17. The Bertz CT molecular complexity index is 714. The third kappa shape index (κ3) is 3.09. The van der Waals surface area contributed by atoms with Crippen LogP contribution in [0.25, 0.3) is 0 Å². The van der Waals surface area contributed by atoms with E-state index in [0.29, 0.717) is 12.3 Å². The number of piperidine rings is 1. The number of ether oxygens (including phenoxy) is 2. The number of likely N-dealkylation sites (tertiary alicyclic amines) is 1. The molecule has 1 fully saturated rings. The molecule has 4 rings (SSSR count). The van der Waals surface area contributed by atoms with E-state index >= 15 is 0 Å². The summed E-state index contributed by atoms with van der Waals surface area (Å²) in [5.74, 6) is 2.15. The molecule has 24 heavy (non-hydrogen) atoms. The molecule has 3 heterocycles. The van der Waals surface area contributed by atoms with E-state index in [1.54, 1.807) is 6.20 Å². The fourth-order valence-corrected chi connectivity index (χ4v) is 3.46. The van der Waals surface area contributed by atoms with Gasteiger partial charge >= 0.3 is 0 Å². The number of aryl methyl sites for hydroxylation is 1. The van der Waals surface area contributed by atoms with Crippen LogP contribution >= 0.6 is 0 Å². The fraction of sp³-hybridized carbons (Fsp3) is 0.444. The Morgan fingerprint density at radius 3 is 3.08 bits per heavy atom. The summed E-state index contributed by atoms with van der Waals surface area (Å²) in [7, 11) is 0. The SMILES string of the molecule is O=C(CCc1ccc2c(c1)OCO2)N1CCCC(c2ccn[nH]2)C1. The number of H-pyrrole nitrogens is 1. The lowest BCUT2D eigenvalue weighted by Gasteiger charge is -2.32. The monoisotopic (exact) mass is 327 g/mol. The van der Waals surface area contributed by atoms with Crippen molar-refractivity contribution in [2.75, 3.05) is 19.9 Å². The van der Waals surface area contributed by atoms with Crippen LogP contribution in [0.3, 0.4) is 0 Å². The highest BCUT2D eigenvalue weighted by atomic mass is 16.7. The Balaban J connectivity index is 1.34. The molecule has 0 aliphatic carbocycles. The van der Waals surface area contributed by atoms with Crippen LogP contribution in [0, 0.1) is 0 Å². The topological polar surface area (TPSA) is 67.5 Å². The number of aromatic amines is 1. The first-order valence-electron chi connectivity index (χ1n) is 8.45. The zero-order valence-electron chi connectivity index (χ0n) is 13.5. The van der Waals surface area contributed by atoms with Crippen molar-refractivity contribution >= 4 is 5.91 Å². The van der Waals surface area contributed by atoms with E-state index in [1.807, 2.05) is 29.2 Å². The molecule has 126 valence electrons. The summed E-state index contributed by atoms with van der Waals surface area (Å²) in [6, 6.07) is 7.90. The smallest absolute Gasteiger partial charge is 0.231 e. The predicted octanol–water partition coefficient (Wildman–Crippen LogP) is 2.48. The summed E-state index contributed by atoms with van der Waals surface area (Å²) in [5, 5.41) is 7.06. The first-order valence-corrected chi connectivity index (χ1v) is 8.45. The molecule has 1 N–H and O–H groups in total. The van der Waals surface area contributed by atoms with Gasteiger partial charge in [-0.3, -0.25) is 9.89 Å². The lowest BCUT2D eigenvalue weighted by Crippen LogP contribution is -2.39. The number of fused-ring (bicyclic) bond motifs is 1. The number of rotatable bonds is 4. The number of carbonyl (C=O) groups is 1. The van der Waals surface area contributed by atoms with Gasteiger partial charge in [-0.15, -0.1) is 0 Å². The minimum Gasteiger partial charge on any atom is -0.454 e. The molecule has 1 aromatic carbocycles. The van der Waals surface area contributed by atoms with Crippen molar-refractivity contribution in [3.63, 3.8) is 0 Å². The Kier molecular flexibility index (Phi) is 4.11. The van der Waals surface area contributed by atoms with Crippen molar-refractivity contribution in [2.45, 2.75) is 31.6 Å². The number of aromatic nitrogens is 2. The first kappa shape index (κ1) is 15.1. The molecule has 1 atom stereocenters. The van der Waals surface area contributed by atoms with Gasteiger partial charge in [0.1, 0.15) is 0 Å². The highest BCUT2D eigenvalue weighted by Gasteiger charge is 2.25. The second-order valence-electron chi connectivity index (χ2n) is 6.38. The van der Waals surface area contributed by atoms with E-state index < -0.39 is 0 Å². The van der Waals surface area contributed by atoms with Crippen LogP contribution in [0.2, 0.25) is 0 Å². The van der Waals surface area contributed by atoms with Gasteiger partial charge in [0, 0.05) is 37.3 Å². The van der Waals surface area contributed by atoms with Crippen molar-refractivity contribution in [1.29, 1.82) is 0 Å². The lowest BCUT2D eigenvalue weighted by atomic mass is 9.94. The molecule has 6 nitrogen and oxygen atoms in total. The van der Waals surface area contributed by atoms with Gasteiger partial charge in [-0.1, -0.05) is 6.07 Å². The van der Waals surface area contributed by atoms with E-state index in [2.05, 4.69) is 10.2 Å². The number of amides is 1. The molecule has 2 aliphatic rings. The molecule has 1 aromatic heterocycles. The second-order valence-corrected chi connectivity index (χ2v) is 6.38. The molecule has 1 saturated heterocycles. The van der Waals surface area contributed by atoms with E-state index in [9.17, 15) is 4.79 Å². The average Bonchev–Trinajstić information content (AvgIpc) is 3.30. The third-order valence-corrected chi connectivity index (χ3v) is 4.80. The largest absolute Gasteiger partial charge is 0.454 e. The predicted molar refractivity (Wildman–Crippen MR) is 88.0 cm³/mol. The summed E-state index contributed by atoms with van der Waals surface area (Å²) in [4.78, 5) is 14.6. The van der Waals surface area contributed by atoms with Crippen molar-refractivity contribution in [2.24, 2.45) is 0 Å². The van der Waals surface area contributed by atoms with Gasteiger partial charge < -0.3 is 14.4 Å². The van der Waals surface area contributed by atoms with Crippen LogP contribution in [0.15, 0.2) is 30.5 Å². The van der Waals surface area contributed by atoms with Gasteiger partial charge in [-0.2, -0.15) is 5.10 Å². The molecule has 1 unspecified atom stereocenters. The molecule has 2 aliphatic heterocycles. The highest BCUT2D eigenvalue weighted by Crippen LogP contribution is 2.33. The van der Waals surface area contributed by atoms with E-state index in [0.717, 1.165) is 55.1 Å². The van der Waals surface area contributed by atoms with Crippen LogP contribution in [0.1, 0.15) is 36.4 Å². The van der Waals surface area contributed by atoms with Crippen LogP contribution in [-0.4, -0.2) is 40.9 Å². The summed E-state index contributed by atoms with van der Waals surface area (Å²) in [6.45, 7) is 1.91. The van der Waals surface area contributed by atoms with Crippen molar-refractivity contribution in [3.05, 3.63) is 41.7 Å². The number of nitrogens with zero attached hydrogens (tertiary/aromatic N) is 2. The van der Waals surface area contributed by atoms with E-state index in [1.165, 1.54) is 0 Å². The van der Waals surface area contributed by atoms with Crippen molar-refractivity contribution < 1.29 is 14.3 Å². The van der Waals surface area contributed by atoms with E-state index in [4.69, 9.17) is 9.47 Å². The normalized spacial score (nSPS) is 19.5. The van der Waals surface area contributed by atoms with Crippen LogP contribution in [0.4, 0.5) is 0 Å².